The molecule has 0 aliphatic carbocycles. The van der Waals surface area contributed by atoms with Crippen LogP contribution in [0.25, 0.3) is 22.0 Å². The zero-order valence-corrected chi connectivity index (χ0v) is 10.2. The van der Waals surface area contributed by atoms with Crippen molar-refractivity contribution in [3.63, 3.8) is 0 Å². The lowest BCUT2D eigenvalue weighted by Crippen LogP contribution is -1.86. The van der Waals surface area contributed by atoms with E-state index >= 15 is 0 Å². The molecule has 1 aromatic heterocycles. The van der Waals surface area contributed by atoms with Gasteiger partial charge in [-0.1, -0.05) is 41.9 Å². The van der Waals surface area contributed by atoms with Crippen LogP contribution in [0, 0.1) is 5.82 Å². The minimum Gasteiger partial charge on any atom is -0.235 e. The van der Waals surface area contributed by atoms with Gasteiger partial charge in [0.15, 0.2) is 0 Å². The quantitative estimate of drug-likeness (QED) is 0.576. The number of halogens is 2. The van der Waals surface area contributed by atoms with Crippen LogP contribution in [0.1, 0.15) is 0 Å². The van der Waals surface area contributed by atoms with Crippen molar-refractivity contribution >= 4 is 22.5 Å². The molecule has 2 aromatic carbocycles. The molecule has 88 valence electrons. The minimum absolute atomic E-state index is 0.281. The summed E-state index contributed by atoms with van der Waals surface area (Å²) in [7, 11) is 0. The number of rotatable bonds is 1. The van der Waals surface area contributed by atoms with Gasteiger partial charge in [-0.25, -0.2) is 9.37 Å². The average molecular weight is 258 g/mol. The van der Waals surface area contributed by atoms with E-state index in [0.29, 0.717) is 5.15 Å². The maximum atomic E-state index is 13.2. The maximum absolute atomic E-state index is 13.2. The molecule has 1 heterocycles. The van der Waals surface area contributed by atoms with E-state index in [9.17, 15) is 4.39 Å². The standard InChI is InChI=1S/C15H9ClFN/c16-15-13(10-5-3-6-12(17)8-10)9-11-4-1-2-7-14(11)18-15/h1-9H. The van der Waals surface area contributed by atoms with E-state index in [-0.39, 0.29) is 5.82 Å². The van der Waals surface area contributed by atoms with Gasteiger partial charge in [0.1, 0.15) is 11.0 Å². The molecule has 3 heteroatoms. The lowest BCUT2D eigenvalue weighted by Gasteiger charge is -2.06. The van der Waals surface area contributed by atoms with Gasteiger partial charge < -0.3 is 0 Å². The smallest absolute Gasteiger partial charge is 0.137 e. The number of para-hydroxylation sites is 1. The Morgan fingerprint density at radius 2 is 1.78 bits per heavy atom. The molecule has 18 heavy (non-hydrogen) atoms. The number of benzene rings is 2. The third kappa shape index (κ3) is 1.95. The van der Waals surface area contributed by atoms with Crippen molar-refractivity contribution in [3.8, 4) is 11.1 Å². The summed E-state index contributed by atoms with van der Waals surface area (Å²) < 4.78 is 13.2. The van der Waals surface area contributed by atoms with Gasteiger partial charge in [-0.15, -0.1) is 0 Å². The number of fused-ring (bicyclic) bond motifs is 1. The van der Waals surface area contributed by atoms with E-state index < -0.39 is 0 Å². The monoisotopic (exact) mass is 257 g/mol. The van der Waals surface area contributed by atoms with Gasteiger partial charge in [0.05, 0.1) is 5.52 Å². The van der Waals surface area contributed by atoms with Crippen LogP contribution in [0.3, 0.4) is 0 Å². The van der Waals surface area contributed by atoms with Crippen molar-refractivity contribution in [1.82, 2.24) is 4.98 Å². The summed E-state index contributed by atoms with van der Waals surface area (Å²) in [6, 6.07) is 16.0. The third-order valence-electron chi connectivity index (χ3n) is 2.81. The molecule has 0 amide bonds. The Hall–Kier alpha value is -1.93. The van der Waals surface area contributed by atoms with Gasteiger partial charge in [-0.2, -0.15) is 0 Å². The predicted molar refractivity (Wildman–Crippen MR) is 72.1 cm³/mol. The zero-order chi connectivity index (χ0) is 12.5. The number of pyridine rings is 1. The molecular formula is C15H9ClFN. The van der Waals surface area contributed by atoms with Gasteiger partial charge in [-0.3, -0.25) is 0 Å². The summed E-state index contributed by atoms with van der Waals surface area (Å²) in [5, 5.41) is 1.38. The SMILES string of the molecule is Fc1cccc(-c2cc3ccccc3nc2Cl)c1. The fraction of sp³-hybridized carbons (Fsp3) is 0. The number of aromatic nitrogens is 1. The van der Waals surface area contributed by atoms with Crippen LogP contribution < -0.4 is 0 Å². The Bertz CT molecular complexity index is 725. The van der Waals surface area contributed by atoms with Gasteiger partial charge in [0.2, 0.25) is 0 Å². The van der Waals surface area contributed by atoms with Crippen LogP contribution in [-0.4, -0.2) is 4.98 Å². The number of nitrogens with zero attached hydrogens (tertiary/aromatic N) is 1. The fourth-order valence-electron chi connectivity index (χ4n) is 1.95. The highest BCUT2D eigenvalue weighted by Gasteiger charge is 2.07. The molecule has 1 nitrogen and oxygen atoms in total. The van der Waals surface area contributed by atoms with E-state index in [0.717, 1.165) is 22.0 Å². The first kappa shape index (κ1) is 11.2. The summed E-state index contributed by atoms with van der Waals surface area (Å²) in [5.74, 6) is -0.281. The first-order chi connectivity index (χ1) is 8.74. The minimum atomic E-state index is -0.281. The molecular weight excluding hydrogens is 249 g/mol. The van der Waals surface area contributed by atoms with Crippen LogP contribution in [0.5, 0.6) is 0 Å². The van der Waals surface area contributed by atoms with E-state index in [4.69, 9.17) is 11.6 Å². The van der Waals surface area contributed by atoms with Gasteiger partial charge in [0.25, 0.3) is 0 Å². The molecule has 0 spiro atoms. The van der Waals surface area contributed by atoms with E-state index in [1.807, 2.05) is 36.4 Å². The summed E-state index contributed by atoms with van der Waals surface area (Å²) in [5.41, 5.74) is 2.32. The molecule has 0 saturated heterocycles. The zero-order valence-electron chi connectivity index (χ0n) is 9.40. The molecule has 0 aliphatic heterocycles. The highest BCUT2D eigenvalue weighted by molar-refractivity contribution is 6.32. The summed E-state index contributed by atoms with van der Waals surface area (Å²) in [6.45, 7) is 0. The summed E-state index contributed by atoms with van der Waals surface area (Å²) >= 11 is 6.16. The molecule has 0 unspecified atom stereocenters. The topological polar surface area (TPSA) is 12.9 Å². The lowest BCUT2D eigenvalue weighted by molar-refractivity contribution is 0.628. The normalized spacial score (nSPS) is 10.8. The molecule has 0 bridgehead atoms. The van der Waals surface area contributed by atoms with E-state index in [1.54, 1.807) is 6.07 Å². The highest BCUT2D eigenvalue weighted by atomic mass is 35.5. The van der Waals surface area contributed by atoms with Crippen molar-refractivity contribution in [2.45, 2.75) is 0 Å². The van der Waals surface area contributed by atoms with Crippen molar-refractivity contribution in [2.24, 2.45) is 0 Å². The number of hydrogen-bond donors (Lipinski definition) is 0. The predicted octanol–water partition coefficient (Wildman–Crippen LogP) is 4.69. The Balaban J connectivity index is 2.26. The van der Waals surface area contributed by atoms with Crippen LogP contribution >= 0.6 is 11.6 Å². The molecule has 0 N–H and O–H groups in total. The molecule has 3 aromatic rings. The second kappa shape index (κ2) is 4.39. The summed E-state index contributed by atoms with van der Waals surface area (Å²) in [4.78, 5) is 4.32. The molecule has 0 fully saturated rings. The molecule has 3 rings (SSSR count). The van der Waals surface area contributed by atoms with Crippen LogP contribution in [0.4, 0.5) is 4.39 Å². The van der Waals surface area contributed by atoms with Crippen LogP contribution in [0.2, 0.25) is 5.15 Å². The van der Waals surface area contributed by atoms with Crippen molar-refractivity contribution in [2.75, 3.05) is 0 Å². The Labute approximate surface area is 109 Å². The Morgan fingerprint density at radius 1 is 0.944 bits per heavy atom. The molecule has 0 atom stereocenters. The summed E-state index contributed by atoms with van der Waals surface area (Å²) in [6.07, 6.45) is 0. The second-order valence-electron chi connectivity index (χ2n) is 4.03. The average Bonchev–Trinajstić information content (AvgIpc) is 2.38. The highest BCUT2D eigenvalue weighted by Crippen LogP contribution is 2.29. The molecule has 0 radical (unpaired) electrons. The van der Waals surface area contributed by atoms with E-state index in [2.05, 4.69) is 4.98 Å². The van der Waals surface area contributed by atoms with E-state index in [1.165, 1.54) is 12.1 Å². The lowest BCUT2D eigenvalue weighted by atomic mass is 10.1. The Kier molecular flexibility index (Phi) is 2.73. The number of hydrogen-bond acceptors (Lipinski definition) is 1. The second-order valence-corrected chi connectivity index (χ2v) is 4.39. The Morgan fingerprint density at radius 3 is 2.61 bits per heavy atom. The largest absolute Gasteiger partial charge is 0.235 e. The third-order valence-corrected chi connectivity index (χ3v) is 3.10. The van der Waals surface area contributed by atoms with Gasteiger partial charge in [-0.05, 0) is 29.8 Å². The molecule has 0 saturated carbocycles. The van der Waals surface area contributed by atoms with Crippen LogP contribution in [-0.2, 0) is 0 Å². The van der Waals surface area contributed by atoms with Crippen LogP contribution in [0.15, 0.2) is 54.6 Å². The van der Waals surface area contributed by atoms with Crippen molar-refractivity contribution in [1.29, 1.82) is 0 Å². The molecule has 0 aliphatic rings. The van der Waals surface area contributed by atoms with Crippen molar-refractivity contribution in [3.05, 3.63) is 65.6 Å². The first-order valence-corrected chi connectivity index (χ1v) is 5.93. The van der Waals surface area contributed by atoms with Crippen molar-refractivity contribution < 1.29 is 4.39 Å². The van der Waals surface area contributed by atoms with Gasteiger partial charge in [0, 0.05) is 10.9 Å². The first-order valence-electron chi connectivity index (χ1n) is 5.55. The maximum Gasteiger partial charge on any atom is 0.137 e. The fourth-order valence-corrected chi connectivity index (χ4v) is 2.21. The van der Waals surface area contributed by atoms with Gasteiger partial charge >= 0.3 is 0 Å².